The normalized spacial score (nSPS) is 17.6. The Morgan fingerprint density at radius 3 is 2.23 bits per heavy atom. The van der Waals surface area contributed by atoms with E-state index in [1.165, 1.54) is 11.1 Å². The molecule has 0 saturated heterocycles. The van der Waals surface area contributed by atoms with Crippen LogP contribution in [0.1, 0.15) is 23.1 Å². The maximum absolute atomic E-state index is 6.13. The molecule has 2 aliphatic rings. The Bertz CT molecular complexity index is 1060. The number of para-hydroxylation sites is 2. The van der Waals surface area contributed by atoms with Crippen LogP contribution in [0.3, 0.4) is 0 Å². The molecule has 1 unspecified atom stereocenters. The summed E-state index contributed by atoms with van der Waals surface area (Å²) in [5.74, 6) is 4.63. The fraction of sp³-hybridized carbons (Fsp3) is 0.391. The van der Waals surface area contributed by atoms with E-state index in [-0.39, 0.29) is 6.10 Å². The van der Waals surface area contributed by atoms with E-state index in [4.69, 9.17) is 18.9 Å². The molecule has 31 heavy (non-hydrogen) atoms. The molecule has 1 aromatic heterocycles. The Balaban J connectivity index is 1.36. The number of ether oxygens (including phenoxy) is 4. The van der Waals surface area contributed by atoms with E-state index >= 15 is 0 Å². The zero-order valence-corrected chi connectivity index (χ0v) is 18.0. The summed E-state index contributed by atoms with van der Waals surface area (Å²) in [5, 5.41) is 8.94. The number of aromatic nitrogens is 3. The Hall–Kier alpha value is -3.42. The van der Waals surface area contributed by atoms with Crippen molar-refractivity contribution in [2.24, 2.45) is 7.05 Å². The van der Waals surface area contributed by atoms with Gasteiger partial charge in [-0.2, -0.15) is 0 Å². The topological polar surface area (TPSA) is 70.9 Å². The summed E-state index contributed by atoms with van der Waals surface area (Å²) < 4.78 is 25.0. The highest BCUT2D eigenvalue weighted by molar-refractivity contribution is 5.49. The molecule has 3 heterocycles. The van der Waals surface area contributed by atoms with Crippen molar-refractivity contribution in [2.45, 2.75) is 18.9 Å². The van der Waals surface area contributed by atoms with Crippen LogP contribution in [0.2, 0.25) is 0 Å². The summed E-state index contributed by atoms with van der Waals surface area (Å²) in [6.45, 7) is 2.10. The van der Waals surface area contributed by atoms with Gasteiger partial charge in [-0.15, -0.1) is 10.2 Å². The molecule has 0 fully saturated rings. The first-order chi connectivity index (χ1) is 15.2. The number of nitrogens with zero attached hydrogens (tertiary/aromatic N) is 4. The largest absolute Gasteiger partial charge is 0.493 e. The highest BCUT2D eigenvalue weighted by atomic mass is 16.6. The minimum absolute atomic E-state index is 0.293. The van der Waals surface area contributed by atoms with Crippen LogP contribution in [0.5, 0.6) is 23.0 Å². The van der Waals surface area contributed by atoms with Crippen molar-refractivity contribution < 1.29 is 18.9 Å². The van der Waals surface area contributed by atoms with Crippen molar-refractivity contribution in [1.82, 2.24) is 14.8 Å². The molecular formula is C23H26N4O4. The fourth-order valence-electron chi connectivity index (χ4n) is 4.29. The third-order valence-corrected chi connectivity index (χ3v) is 5.97. The number of benzene rings is 2. The lowest BCUT2D eigenvalue weighted by atomic mass is 10.0. The summed E-state index contributed by atoms with van der Waals surface area (Å²) in [4.78, 5) is 2.27. The molecule has 2 aromatic carbocycles. The fourth-order valence-corrected chi connectivity index (χ4v) is 4.29. The Morgan fingerprint density at radius 2 is 1.58 bits per heavy atom. The number of methoxy groups -OCH3 is 2. The van der Waals surface area contributed by atoms with E-state index in [1.54, 1.807) is 14.2 Å². The highest BCUT2D eigenvalue weighted by Gasteiger charge is 2.29. The third kappa shape index (κ3) is 3.52. The van der Waals surface area contributed by atoms with Crippen LogP contribution >= 0.6 is 0 Å². The number of anilines is 1. The number of hydrogen-bond donors (Lipinski definition) is 0. The van der Waals surface area contributed by atoms with E-state index < -0.39 is 0 Å². The molecule has 3 aromatic rings. The van der Waals surface area contributed by atoms with Gasteiger partial charge in [0.05, 0.1) is 14.2 Å². The smallest absolute Gasteiger partial charge is 0.227 e. The van der Waals surface area contributed by atoms with Gasteiger partial charge in [0.25, 0.3) is 0 Å². The average molecular weight is 422 g/mol. The maximum Gasteiger partial charge on any atom is 0.227 e. The van der Waals surface area contributed by atoms with Crippen LogP contribution in [0.4, 0.5) is 5.95 Å². The molecule has 8 heteroatoms. The van der Waals surface area contributed by atoms with Gasteiger partial charge in [0.2, 0.25) is 5.95 Å². The SMILES string of the molecule is COc1cc2c(cc1OC)CCN(c1nnc(C3COc4ccccc4O3)n1C)CC2. The van der Waals surface area contributed by atoms with Crippen LogP contribution in [-0.4, -0.2) is 48.7 Å². The predicted molar refractivity (Wildman–Crippen MR) is 115 cm³/mol. The van der Waals surface area contributed by atoms with Gasteiger partial charge >= 0.3 is 0 Å². The van der Waals surface area contributed by atoms with Gasteiger partial charge in [-0.25, -0.2) is 0 Å². The standard InChI is InChI=1S/C23H26N4O4/c1-26-22(21-14-30-17-6-4-5-7-18(17)31-21)24-25-23(26)27-10-8-15-12-19(28-2)20(29-3)13-16(15)9-11-27/h4-7,12-13,21H,8-11,14H2,1-3H3. The molecule has 0 saturated carbocycles. The van der Waals surface area contributed by atoms with Gasteiger partial charge in [0.1, 0.15) is 6.61 Å². The summed E-state index contributed by atoms with van der Waals surface area (Å²) in [7, 11) is 5.33. The second kappa shape index (κ2) is 8.02. The van der Waals surface area contributed by atoms with Crippen molar-refractivity contribution in [1.29, 1.82) is 0 Å². The van der Waals surface area contributed by atoms with Gasteiger partial charge < -0.3 is 23.8 Å². The zero-order chi connectivity index (χ0) is 21.4. The van der Waals surface area contributed by atoms with Crippen LogP contribution in [0, 0.1) is 0 Å². The minimum atomic E-state index is -0.293. The van der Waals surface area contributed by atoms with E-state index in [2.05, 4.69) is 27.2 Å². The second-order valence-corrected chi connectivity index (χ2v) is 7.74. The number of rotatable bonds is 4. The summed E-state index contributed by atoms with van der Waals surface area (Å²) in [6.07, 6.45) is 1.50. The Labute approximate surface area is 181 Å². The molecule has 162 valence electrons. The van der Waals surface area contributed by atoms with Crippen LogP contribution in [0.15, 0.2) is 36.4 Å². The lowest BCUT2D eigenvalue weighted by Crippen LogP contribution is -2.29. The maximum atomic E-state index is 6.13. The number of fused-ring (bicyclic) bond motifs is 2. The van der Waals surface area contributed by atoms with Gasteiger partial charge in [-0.3, -0.25) is 4.57 Å². The van der Waals surface area contributed by atoms with Gasteiger partial charge in [-0.1, -0.05) is 12.1 Å². The lowest BCUT2D eigenvalue weighted by molar-refractivity contribution is 0.0829. The molecule has 0 amide bonds. The Kier molecular flexibility index (Phi) is 5.05. The van der Waals surface area contributed by atoms with Gasteiger partial charge in [-0.05, 0) is 48.2 Å². The van der Waals surface area contributed by atoms with Crippen molar-refractivity contribution in [3.8, 4) is 23.0 Å². The monoisotopic (exact) mass is 422 g/mol. The third-order valence-electron chi connectivity index (χ3n) is 5.97. The molecular weight excluding hydrogens is 396 g/mol. The zero-order valence-electron chi connectivity index (χ0n) is 18.0. The number of hydrogen-bond acceptors (Lipinski definition) is 7. The molecule has 8 nitrogen and oxygen atoms in total. The van der Waals surface area contributed by atoms with Crippen LogP contribution in [-0.2, 0) is 19.9 Å². The molecule has 0 N–H and O–H groups in total. The summed E-state index contributed by atoms with van der Waals surface area (Å²) in [5.41, 5.74) is 2.56. The average Bonchev–Trinajstić information content (AvgIpc) is 3.07. The molecule has 0 bridgehead atoms. The van der Waals surface area contributed by atoms with E-state index in [9.17, 15) is 0 Å². The van der Waals surface area contributed by atoms with Crippen molar-refractivity contribution >= 4 is 5.95 Å². The van der Waals surface area contributed by atoms with Crippen molar-refractivity contribution in [2.75, 3.05) is 38.8 Å². The quantitative estimate of drug-likeness (QED) is 0.640. The van der Waals surface area contributed by atoms with E-state index in [0.717, 1.165) is 60.7 Å². The second-order valence-electron chi connectivity index (χ2n) is 7.74. The minimum Gasteiger partial charge on any atom is -0.493 e. The van der Waals surface area contributed by atoms with Crippen LogP contribution in [0.25, 0.3) is 0 Å². The first-order valence-corrected chi connectivity index (χ1v) is 10.4. The first-order valence-electron chi connectivity index (χ1n) is 10.4. The molecule has 1 atom stereocenters. The summed E-state index contributed by atoms with van der Waals surface area (Å²) >= 11 is 0. The predicted octanol–water partition coefficient (Wildman–Crippen LogP) is 2.95. The van der Waals surface area contributed by atoms with E-state index in [1.807, 2.05) is 35.9 Å². The molecule has 0 aliphatic carbocycles. The lowest BCUT2D eigenvalue weighted by Gasteiger charge is -2.26. The van der Waals surface area contributed by atoms with Crippen molar-refractivity contribution in [3.05, 3.63) is 53.3 Å². The van der Waals surface area contributed by atoms with Gasteiger partial charge in [0.15, 0.2) is 34.9 Å². The van der Waals surface area contributed by atoms with Crippen molar-refractivity contribution in [3.63, 3.8) is 0 Å². The summed E-state index contributed by atoms with van der Waals surface area (Å²) in [6, 6.07) is 11.9. The van der Waals surface area contributed by atoms with E-state index in [0.29, 0.717) is 6.61 Å². The highest BCUT2D eigenvalue weighted by Crippen LogP contribution is 2.36. The van der Waals surface area contributed by atoms with Crippen LogP contribution < -0.4 is 23.8 Å². The molecule has 5 rings (SSSR count). The first kappa shape index (κ1) is 19.5. The Morgan fingerprint density at radius 1 is 0.935 bits per heavy atom. The van der Waals surface area contributed by atoms with Gasteiger partial charge in [0, 0.05) is 20.1 Å². The molecule has 0 radical (unpaired) electrons. The molecule has 2 aliphatic heterocycles. The molecule has 0 spiro atoms.